The predicted molar refractivity (Wildman–Crippen MR) is 76.1 cm³/mol. The summed E-state index contributed by atoms with van der Waals surface area (Å²) in [5.41, 5.74) is 8.25. The van der Waals surface area contributed by atoms with Crippen LogP contribution in [0.3, 0.4) is 0 Å². The molecule has 1 aromatic heterocycles. The molecule has 0 saturated carbocycles. The zero-order valence-electron chi connectivity index (χ0n) is 10.9. The first kappa shape index (κ1) is 13.2. The highest BCUT2D eigenvalue weighted by molar-refractivity contribution is 6.03. The van der Waals surface area contributed by atoms with Crippen molar-refractivity contribution >= 4 is 11.7 Å². The van der Waals surface area contributed by atoms with Crippen LogP contribution in [0.15, 0.2) is 42.6 Å². The van der Waals surface area contributed by atoms with Gasteiger partial charge in [-0.15, -0.1) is 0 Å². The molecule has 0 aliphatic carbocycles. The number of nitrogens with two attached hydrogens (primary N) is 1. The van der Waals surface area contributed by atoms with E-state index in [0.29, 0.717) is 17.9 Å². The van der Waals surface area contributed by atoms with Gasteiger partial charge in [-0.05, 0) is 49.2 Å². The number of rotatable bonds is 4. The Hall–Kier alpha value is -2.20. The summed E-state index contributed by atoms with van der Waals surface area (Å²) in [6.45, 7) is 2.53. The second-order valence-corrected chi connectivity index (χ2v) is 4.41. The number of nitrogens with zero attached hydrogens (tertiary/aromatic N) is 1. The van der Waals surface area contributed by atoms with E-state index in [1.165, 1.54) is 0 Å². The van der Waals surface area contributed by atoms with Crippen molar-refractivity contribution in [2.75, 3.05) is 11.9 Å². The van der Waals surface area contributed by atoms with Crippen LogP contribution >= 0.6 is 0 Å². The number of hydrogen-bond donors (Lipinski definition) is 2. The van der Waals surface area contributed by atoms with Gasteiger partial charge in [-0.3, -0.25) is 4.79 Å². The van der Waals surface area contributed by atoms with Gasteiger partial charge in [0.1, 0.15) is 5.82 Å². The molecule has 0 aliphatic heterocycles. The number of aryl methyl sites for hydroxylation is 1. The molecule has 0 spiro atoms. The first-order chi connectivity index (χ1) is 9.19. The van der Waals surface area contributed by atoms with E-state index in [9.17, 15) is 4.79 Å². The first-order valence-electron chi connectivity index (χ1n) is 6.22. The van der Waals surface area contributed by atoms with Gasteiger partial charge in [0.05, 0.1) is 0 Å². The van der Waals surface area contributed by atoms with Gasteiger partial charge < -0.3 is 11.1 Å². The Bertz CT molecular complexity index is 564. The second kappa shape index (κ2) is 6.11. The molecule has 0 saturated heterocycles. The molecule has 4 nitrogen and oxygen atoms in total. The summed E-state index contributed by atoms with van der Waals surface area (Å²) in [5, 5.41) is 2.77. The van der Waals surface area contributed by atoms with Crippen LogP contribution in [-0.4, -0.2) is 17.4 Å². The van der Waals surface area contributed by atoms with Crippen molar-refractivity contribution in [3.8, 4) is 0 Å². The van der Waals surface area contributed by atoms with Gasteiger partial charge in [0.2, 0.25) is 0 Å². The highest BCUT2D eigenvalue weighted by atomic mass is 16.1. The van der Waals surface area contributed by atoms with Crippen LogP contribution in [-0.2, 0) is 6.42 Å². The average molecular weight is 255 g/mol. The number of pyridine rings is 1. The van der Waals surface area contributed by atoms with E-state index in [1.807, 2.05) is 31.2 Å². The Kier molecular flexibility index (Phi) is 4.26. The van der Waals surface area contributed by atoms with E-state index in [-0.39, 0.29) is 5.91 Å². The first-order valence-corrected chi connectivity index (χ1v) is 6.22. The maximum atomic E-state index is 12.1. The summed E-state index contributed by atoms with van der Waals surface area (Å²) in [7, 11) is 0. The quantitative estimate of drug-likeness (QED) is 0.879. The minimum absolute atomic E-state index is 0.157. The fraction of sp³-hybridized carbons (Fsp3) is 0.200. The molecule has 0 bridgehead atoms. The monoisotopic (exact) mass is 255 g/mol. The van der Waals surface area contributed by atoms with Gasteiger partial charge >= 0.3 is 0 Å². The molecule has 0 atom stereocenters. The zero-order chi connectivity index (χ0) is 13.7. The highest BCUT2D eigenvalue weighted by Gasteiger charge is 2.07. The molecule has 4 heteroatoms. The number of carbonyl (C=O) groups is 1. The molecular formula is C15H17N3O. The molecule has 1 amide bonds. The lowest BCUT2D eigenvalue weighted by Crippen LogP contribution is -2.13. The minimum atomic E-state index is -0.157. The Morgan fingerprint density at radius 3 is 2.84 bits per heavy atom. The molecule has 1 aromatic carbocycles. The molecule has 2 rings (SSSR count). The van der Waals surface area contributed by atoms with Crippen LogP contribution < -0.4 is 11.1 Å². The van der Waals surface area contributed by atoms with Crippen molar-refractivity contribution in [1.82, 2.24) is 4.98 Å². The molecule has 3 N–H and O–H groups in total. The van der Waals surface area contributed by atoms with E-state index < -0.39 is 0 Å². The highest BCUT2D eigenvalue weighted by Crippen LogP contribution is 2.09. The van der Waals surface area contributed by atoms with Crippen molar-refractivity contribution in [2.45, 2.75) is 13.3 Å². The van der Waals surface area contributed by atoms with E-state index in [1.54, 1.807) is 18.3 Å². The van der Waals surface area contributed by atoms with E-state index in [2.05, 4.69) is 10.3 Å². The Morgan fingerprint density at radius 1 is 1.32 bits per heavy atom. The van der Waals surface area contributed by atoms with Crippen molar-refractivity contribution in [1.29, 1.82) is 0 Å². The standard InChI is InChI=1S/C15H17N3O/c1-11-5-6-14(17-10-11)18-15(19)13-4-2-3-12(9-13)7-8-16/h2-6,9-10H,7-8,16H2,1H3,(H,17,18,19). The number of nitrogens with one attached hydrogen (secondary N) is 1. The summed E-state index contributed by atoms with van der Waals surface area (Å²) in [4.78, 5) is 16.2. The number of hydrogen-bond acceptors (Lipinski definition) is 3. The van der Waals surface area contributed by atoms with Crippen molar-refractivity contribution in [3.05, 3.63) is 59.3 Å². The molecule has 2 aromatic rings. The SMILES string of the molecule is Cc1ccc(NC(=O)c2cccc(CCN)c2)nc1. The third-order valence-corrected chi connectivity index (χ3v) is 2.78. The third kappa shape index (κ3) is 3.63. The van der Waals surface area contributed by atoms with Crippen LogP contribution in [0.4, 0.5) is 5.82 Å². The van der Waals surface area contributed by atoms with Gasteiger partial charge in [-0.1, -0.05) is 18.2 Å². The third-order valence-electron chi connectivity index (χ3n) is 2.78. The number of anilines is 1. The normalized spacial score (nSPS) is 10.2. The molecule has 0 unspecified atom stereocenters. The lowest BCUT2D eigenvalue weighted by Gasteiger charge is -2.06. The Balaban J connectivity index is 2.11. The number of aromatic nitrogens is 1. The largest absolute Gasteiger partial charge is 0.330 e. The zero-order valence-corrected chi connectivity index (χ0v) is 10.9. The maximum absolute atomic E-state index is 12.1. The van der Waals surface area contributed by atoms with Crippen LogP contribution in [0.2, 0.25) is 0 Å². The maximum Gasteiger partial charge on any atom is 0.256 e. The molecular weight excluding hydrogens is 238 g/mol. The Labute approximate surface area is 112 Å². The van der Waals surface area contributed by atoms with E-state index in [4.69, 9.17) is 5.73 Å². The summed E-state index contributed by atoms with van der Waals surface area (Å²) < 4.78 is 0. The predicted octanol–water partition coefficient (Wildman–Crippen LogP) is 2.14. The van der Waals surface area contributed by atoms with Crippen molar-refractivity contribution < 1.29 is 4.79 Å². The van der Waals surface area contributed by atoms with Crippen molar-refractivity contribution in [2.24, 2.45) is 5.73 Å². The average Bonchev–Trinajstić information content (AvgIpc) is 2.42. The van der Waals surface area contributed by atoms with Gasteiger partial charge in [-0.25, -0.2) is 4.98 Å². The van der Waals surface area contributed by atoms with Crippen LogP contribution in [0.25, 0.3) is 0 Å². The number of carbonyl (C=O) groups excluding carboxylic acids is 1. The lowest BCUT2D eigenvalue weighted by atomic mass is 10.1. The summed E-state index contributed by atoms with van der Waals surface area (Å²) in [6.07, 6.45) is 2.49. The topological polar surface area (TPSA) is 68.0 Å². The summed E-state index contributed by atoms with van der Waals surface area (Å²) >= 11 is 0. The molecule has 0 radical (unpaired) electrons. The van der Waals surface area contributed by atoms with Crippen LogP contribution in [0.1, 0.15) is 21.5 Å². The molecule has 19 heavy (non-hydrogen) atoms. The Morgan fingerprint density at radius 2 is 2.16 bits per heavy atom. The molecule has 98 valence electrons. The number of amides is 1. The van der Waals surface area contributed by atoms with Crippen molar-refractivity contribution in [3.63, 3.8) is 0 Å². The summed E-state index contributed by atoms with van der Waals surface area (Å²) in [5.74, 6) is 0.398. The lowest BCUT2D eigenvalue weighted by molar-refractivity contribution is 0.102. The second-order valence-electron chi connectivity index (χ2n) is 4.41. The van der Waals surface area contributed by atoms with E-state index in [0.717, 1.165) is 17.5 Å². The van der Waals surface area contributed by atoms with Crippen LogP contribution in [0, 0.1) is 6.92 Å². The van der Waals surface area contributed by atoms with Gasteiger partial charge in [-0.2, -0.15) is 0 Å². The van der Waals surface area contributed by atoms with Gasteiger partial charge in [0.15, 0.2) is 0 Å². The fourth-order valence-electron chi connectivity index (χ4n) is 1.76. The van der Waals surface area contributed by atoms with Gasteiger partial charge in [0, 0.05) is 11.8 Å². The van der Waals surface area contributed by atoms with Crippen LogP contribution in [0.5, 0.6) is 0 Å². The fourth-order valence-corrected chi connectivity index (χ4v) is 1.76. The summed E-state index contributed by atoms with van der Waals surface area (Å²) in [6, 6.07) is 11.2. The number of benzene rings is 1. The van der Waals surface area contributed by atoms with Gasteiger partial charge in [0.25, 0.3) is 5.91 Å². The van der Waals surface area contributed by atoms with E-state index >= 15 is 0 Å². The molecule has 0 fully saturated rings. The smallest absolute Gasteiger partial charge is 0.256 e. The minimum Gasteiger partial charge on any atom is -0.330 e. The molecule has 0 aliphatic rings. The molecule has 1 heterocycles.